The fraction of sp³-hybridized carbons (Fsp3) is 0.105. The maximum absolute atomic E-state index is 12.3. The predicted octanol–water partition coefficient (Wildman–Crippen LogP) is 4.46. The van der Waals surface area contributed by atoms with E-state index in [0.29, 0.717) is 15.7 Å². The van der Waals surface area contributed by atoms with E-state index in [4.69, 9.17) is 32.7 Å². The molecular weight excluding hydrogens is 403 g/mol. The second kappa shape index (κ2) is 8.77. The van der Waals surface area contributed by atoms with Gasteiger partial charge in [-0.3, -0.25) is 4.79 Å². The topological polar surface area (TPSA) is 89.1 Å². The number of aromatic nitrogens is 3. The summed E-state index contributed by atoms with van der Waals surface area (Å²) < 4.78 is 10.0. The molecule has 0 unspecified atom stereocenters. The smallest absolute Gasteiger partial charge is 0.316 e. The molecule has 0 radical (unpaired) electrons. The molecule has 0 aliphatic rings. The van der Waals surface area contributed by atoms with Crippen LogP contribution in [0, 0.1) is 0 Å². The Morgan fingerprint density at radius 3 is 2.54 bits per heavy atom. The summed E-state index contributed by atoms with van der Waals surface area (Å²) in [5.41, 5.74) is 2.10. The molecule has 0 saturated heterocycles. The SMILES string of the molecule is COC(=CC=Cc1cc2cc(Cl)c(Cl)cc2[nH]1)C(=O)Nc1cnc(OC)nc1. The molecule has 1 amide bonds. The highest BCUT2D eigenvalue weighted by molar-refractivity contribution is 6.42. The van der Waals surface area contributed by atoms with Gasteiger partial charge in [-0.1, -0.05) is 29.3 Å². The number of hydrogen-bond donors (Lipinski definition) is 2. The van der Waals surface area contributed by atoms with Gasteiger partial charge in [0.05, 0.1) is 42.3 Å². The normalized spacial score (nSPS) is 11.8. The molecule has 3 aromatic rings. The lowest BCUT2D eigenvalue weighted by Gasteiger charge is -2.06. The number of methoxy groups -OCH3 is 2. The Balaban J connectivity index is 1.71. The molecule has 0 saturated carbocycles. The summed E-state index contributed by atoms with van der Waals surface area (Å²) in [6, 6.07) is 5.68. The molecule has 3 rings (SSSR count). The second-order valence-corrected chi connectivity index (χ2v) is 6.40. The summed E-state index contributed by atoms with van der Waals surface area (Å²) in [4.78, 5) is 23.4. The average Bonchev–Trinajstić information content (AvgIpc) is 3.07. The summed E-state index contributed by atoms with van der Waals surface area (Å²) in [5, 5.41) is 4.54. The van der Waals surface area contributed by atoms with E-state index in [9.17, 15) is 4.79 Å². The molecule has 0 atom stereocenters. The van der Waals surface area contributed by atoms with Crippen molar-refractivity contribution in [1.29, 1.82) is 0 Å². The number of aromatic amines is 1. The third-order valence-corrected chi connectivity index (χ3v) is 4.44. The van der Waals surface area contributed by atoms with Gasteiger partial charge in [0.1, 0.15) is 0 Å². The Morgan fingerprint density at radius 1 is 1.14 bits per heavy atom. The first-order valence-corrected chi connectivity index (χ1v) is 8.83. The summed E-state index contributed by atoms with van der Waals surface area (Å²) in [5.74, 6) is -0.314. The Kier molecular flexibility index (Phi) is 6.18. The largest absolute Gasteiger partial charge is 0.491 e. The van der Waals surface area contributed by atoms with Gasteiger partial charge in [0.2, 0.25) is 0 Å². The van der Waals surface area contributed by atoms with E-state index in [2.05, 4.69) is 20.3 Å². The molecule has 0 spiro atoms. The van der Waals surface area contributed by atoms with E-state index in [-0.39, 0.29) is 11.8 Å². The van der Waals surface area contributed by atoms with Crippen LogP contribution < -0.4 is 10.1 Å². The lowest BCUT2D eigenvalue weighted by molar-refractivity contribution is -0.115. The number of carbonyl (C=O) groups excluding carboxylic acids is 1. The molecule has 0 aliphatic heterocycles. The summed E-state index contributed by atoms with van der Waals surface area (Å²) in [6.45, 7) is 0. The molecule has 0 fully saturated rings. The molecule has 28 heavy (non-hydrogen) atoms. The predicted molar refractivity (Wildman–Crippen MR) is 110 cm³/mol. The Hall–Kier alpha value is -3.03. The molecule has 0 aliphatic carbocycles. The lowest BCUT2D eigenvalue weighted by atomic mass is 10.2. The van der Waals surface area contributed by atoms with Crippen LogP contribution in [-0.2, 0) is 9.53 Å². The summed E-state index contributed by atoms with van der Waals surface area (Å²) >= 11 is 12.1. The molecule has 7 nitrogen and oxygen atoms in total. The Labute approximate surface area is 171 Å². The molecule has 144 valence electrons. The highest BCUT2D eigenvalue weighted by Gasteiger charge is 2.10. The van der Waals surface area contributed by atoms with Crippen molar-refractivity contribution in [3.63, 3.8) is 0 Å². The van der Waals surface area contributed by atoms with Crippen molar-refractivity contribution in [1.82, 2.24) is 15.0 Å². The number of anilines is 1. The van der Waals surface area contributed by atoms with Gasteiger partial charge >= 0.3 is 6.01 Å². The third-order valence-electron chi connectivity index (χ3n) is 3.72. The number of hydrogen-bond acceptors (Lipinski definition) is 5. The van der Waals surface area contributed by atoms with Gasteiger partial charge in [-0.25, -0.2) is 9.97 Å². The van der Waals surface area contributed by atoms with Crippen molar-refractivity contribution in [3.8, 4) is 6.01 Å². The number of benzene rings is 1. The van der Waals surface area contributed by atoms with Gasteiger partial charge in [-0.15, -0.1) is 0 Å². The second-order valence-electron chi connectivity index (χ2n) is 5.58. The number of H-pyrrole nitrogens is 1. The number of ether oxygens (including phenoxy) is 2. The highest BCUT2D eigenvalue weighted by atomic mass is 35.5. The number of halogens is 2. The number of allylic oxidation sites excluding steroid dienone is 2. The number of fused-ring (bicyclic) bond motifs is 1. The molecular formula is C19H16Cl2N4O3. The van der Waals surface area contributed by atoms with Crippen LogP contribution in [0.2, 0.25) is 10.0 Å². The Morgan fingerprint density at radius 2 is 1.86 bits per heavy atom. The molecule has 9 heteroatoms. The van der Waals surface area contributed by atoms with Gasteiger partial charge in [0.25, 0.3) is 5.91 Å². The van der Waals surface area contributed by atoms with Crippen molar-refractivity contribution in [2.24, 2.45) is 0 Å². The van der Waals surface area contributed by atoms with Crippen LogP contribution in [0.5, 0.6) is 6.01 Å². The molecule has 2 heterocycles. The van der Waals surface area contributed by atoms with Crippen molar-refractivity contribution in [2.45, 2.75) is 0 Å². The molecule has 1 aromatic carbocycles. The van der Waals surface area contributed by atoms with Crippen molar-refractivity contribution >= 4 is 51.8 Å². The van der Waals surface area contributed by atoms with Crippen LogP contribution in [0.25, 0.3) is 17.0 Å². The number of nitrogens with one attached hydrogen (secondary N) is 2. The summed E-state index contributed by atoms with van der Waals surface area (Å²) in [6.07, 6.45) is 7.91. The van der Waals surface area contributed by atoms with Crippen molar-refractivity contribution in [3.05, 3.63) is 64.2 Å². The first-order chi connectivity index (χ1) is 13.5. The third kappa shape index (κ3) is 4.62. The van der Waals surface area contributed by atoms with Crippen LogP contribution in [0.4, 0.5) is 5.69 Å². The van der Waals surface area contributed by atoms with Crippen LogP contribution in [0.15, 0.2) is 48.5 Å². The van der Waals surface area contributed by atoms with Crippen LogP contribution in [-0.4, -0.2) is 35.1 Å². The molecule has 0 bridgehead atoms. The zero-order valence-corrected chi connectivity index (χ0v) is 16.5. The van der Waals surface area contributed by atoms with Crippen LogP contribution >= 0.6 is 23.2 Å². The number of amides is 1. The zero-order chi connectivity index (χ0) is 20.1. The molecule has 2 aromatic heterocycles. The van der Waals surface area contributed by atoms with Crippen molar-refractivity contribution < 1.29 is 14.3 Å². The first kappa shape index (κ1) is 19.7. The zero-order valence-electron chi connectivity index (χ0n) is 15.0. The monoisotopic (exact) mass is 418 g/mol. The van der Waals surface area contributed by atoms with E-state index >= 15 is 0 Å². The van der Waals surface area contributed by atoms with Gasteiger partial charge in [0, 0.05) is 16.6 Å². The van der Waals surface area contributed by atoms with E-state index < -0.39 is 5.91 Å². The van der Waals surface area contributed by atoms with Crippen LogP contribution in [0.1, 0.15) is 5.69 Å². The Bertz CT molecular complexity index is 1020. The number of carbonyl (C=O) groups is 1. The first-order valence-electron chi connectivity index (χ1n) is 8.07. The van der Waals surface area contributed by atoms with Crippen LogP contribution in [0.3, 0.4) is 0 Å². The van der Waals surface area contributed by atoms with Gasteiger partial charge < -0.3 is 19.8 Å². The van der Waals surface area contributed by atoms with E-state index in [1.807, 2.05) is 6.07 Å². The minimum Gasteiger partial charge on any atom is -0.491 e. The molecule has 2 N–H and O–H groups in total. The average molecular weight is 419 g/mol. The number of rotatable bonds is 6. The highest BCUT2D eigenvalue weighted by Crippen LogP contribution is 2.28. The van der Waals surface area contributed by atoms with E-state index in [1.54, 1.807) is 30.4 Å². The maximum Gasteiger partial charge on any atom is 0.316 e. The van der Waals surface area contributed by atoms with Crippen molar-refractivity contribution in [2.75, 3.05) is 19.5 Å². The number of nitrogens with zero attached hydrogens (tertiary/aromatic N) is 2. The minimum atomic E-state index is -0.434. The van der Waals surface area contributed by atoms with Gasteiger partial charge in [-0.05, 0) is 30.4 Å². The standard InChI is InChI=1S/C19H16Cl2N4O3/c1-27-17(18(26)25-13-9-22-19(28-2)23-10-13)5-3-4-12-6-11-7-14(20)15(21)8-16(11)24-12/h3-10,24H,1-2H3,(H,25,26). The van der Waals surface area contributed by atoms with Gasteiger partial charge in [-0.2, -0.15) is 0 Å². The maximum atomic E-state index is 12.3. The lowest BCUT2D eigenvalue weighted by Crippen LogP contribution is -2.15. The summed E-state index contributed by atoms with van der Waals surface area (Å²) in [7, 11) is 2.87. The van der Waals surface area contributed by atoms with E-state index in [0.717, 1.165) is 16.6 Å². The van der Waals surface area contributed by atoms with E-state index in [1.165, 1.54) is 26.6 Å². The fourth-order valence-electron chi connectivity index (χ4n) is 2.39. The minimum absolute atomic E-state index is 0.120. The fourth-order valence-corrected chi connectivity index (χ4v) is 2.73. The quantitative estimate of drug-likeness (QED) is 0.350. The van der Waals surface area contributed by atoms with Gasteiger partial charge in [0.15, 0.2) is 5.76 Å².